The fraction of sp³-hybridized carbons (Fsp3) is 0.276. The molecule has 4 rings (SSSR count). The summed E-state index contributed by atoms with van der Waals surface area (Å²) >= 11 is 0. The minimum Gasteiger partial charge on any atom is -0.497 e. The van der Waals surface area contributed by atoms with E-state index in [0.717, 1.165) is 51.6 Å². The molecular weight excluding hydrogens is 436 g/mol. The maximum absolute atomic E-state index is 6.83. The molecule has 0 aliphatic rings. The van der Waals surface area contributed by atoms with E-state index in [0.29, 0.717) is 24.7 Å². The number of hydrogen-bond acceptors (Lipinski definition) is 6. The number of pyridine rings is 1. The van der Waals surface area contributed by atoms with Gasteiger partial charge in [-0.25, -0.2) is 4.98 Å². The van der Waals surface area contributed by atoms with E-state index in [2.05, 4.69) is 54.4 Å². The van der Waals surface area contributed by atoms with E-state index in [1.54, 1.807) is 14.2 Å². The number of ether oxygens (including phenoxy) is 2. The summed E-state index contributed by atoms with van der Waals surface area (Å²) in [5.41, 5.74) is 11.6. The van der Waals surface area contributed by atoms with Crippen LogP contribution in [0.3, 0.4) is 0 Å². The molecule has 35 heavy (non-hydrogen) atoms. The van der Waals surface area contributed by atoms with Crippen molar-refractivity contribution in [2.45, 2.75) is 26.9 Å². The second-order valence-corrected chi connectivity index (χ2v) is 9.07. The highest BCUT2D eigenvalue weighted by atomic mass is 16.5. The van der Waals surface area contributed by atoms with E-state index >= 15 is 0 Å². The summed E-state index contributed by atoms with van der Waals surface area (Å²) in [6, 6.07) is 24.4. The van der Waals surface area contributed by atoms with Crippen LogP contribution >= 0.6 is 0 Å². The standard InChI is InChI=1S/C29H34N4O2/c1-20(2)17-31-28-25-7-5-6-8-26(25)32-29(27(28)30)33(18-21-9-13-23(34-3)14-10-21)19-22-11-15-24(35-4)16-12-22/h5-16,20H,17-19,30H2,1-4H3,(H,31,32). The van der Waals surface area contributed by atoms with Crippen LogP contribution < -0.4 is 25.4 Å². The van der Waals surface area contributed by atoms with Gasteiger partial charge in [-0.15, -0.1) is 0 Å². The summed E-state index contributed by atoms with van der Waals surface area (Å²) in [5.74, 6) is 2.92. The van der Waals surface area contributed by atoms with Crippen molar-refractivity contribution in [3.8, 4) is 11.5 Å². The quantitative estimate of drug-likeness (QED) is 0.291. The van der Waals surface area contributed by atoms with Crippen molar-refractivity contribution in [3.63, 3.8) is 0 Å². The first-order valence-electron chi connectivity index (χ1n) is 11.9. The fourth-order valence-electron chi connectivity index (χ4n) is 4.06. The lowest BCUT2D eigenvalue weighted by atomic mass is 10.1. The van der Waals surface area contributed by atoms with Gasteiger partial charge in [-0.3, -0.25) is 0 Å². The van der Waals surface area contributed by atoms with Crippen LogP contribution in [-0.4, -0.2) is 25.7 Å². The average molecular weight is 471 g/mol. The summed E-state index contributed by atoms with van der Waals surface area (Å²) in [7, 11) is 3.35. The van der Waals surface area contributed by atoms with Crippen LogP contribution in [-0.2, 0) is 13.1 Å². The molecule has 6 heteroatoms. The lowest BCUT2D eigenvalue weighted by Gasteiger charge is -2.27. The van der Waals surface area contributed by atoms with Gasteiger partial charge < -0.3 is 25.4 Å². The van der Waals surface area contributed by atoms with Crippen LogP contribution in [0.25, 0.3) is 10.9 Å². The molecule has 0 spiro atoms. The Morgan fingerprint density at radius 2 is 1.37 bits per heavy atom. The van der Waals surface area contributed by atoms with Gasteiger partial charge in [0.15, 0.2) is 5.82 Å². The highest BCUT2D eigenvalue weighted by molar-refractivity contribution is 6.01. The first kappa shape index (κ1) is 24.2. The zero-order valence-corrected chi connectivity index (χ0v) is 20.9. The van der Waals surface area contributed by atoms with Crippen molar-refractivity contribution in [3.05, 3.63) is 83.9 Å². The van der Waals surface area contributed by atoms with Crippen molar-refractivity contribution >= 4 is 28.1 Å². The van der Waals surface area contributed by atoms with Gasteiger partial charge in [0.1, 0.15) is 11.5 Å². The monoisotopic (exact) mass is 470 g/mol. The second-order valence-electron chi connectivity index (χ2n) is 9.07. The van der Waals surface area contributed by atoms with Crippen molar-refractivity contribution in [2.24, 2.45) is 5.92 Å². The number of fused-ring (bicyclic) bond motifs is 1. The van der Waals surface area contributed by atoms with Crippen LogP contribution in [0.1, 0.15) is 25.0 Å². The van der Waals surface area contributed by atoms with Gasteiger partial charge in [-0.1, -0.05) is 56.3 Å². The molecule has 6 nitrogen and oxygen atoms in total. The molecule has 0 saturated carbocycles. The number of para-hydroxylation sites is 1. The molecule has 0 aliphatic carbocycles. The summed E-state index contributed by atoms with van der Waals surface area (Å²) in [6.07, 6.45) is 0. The van der Waals surface area contributed by atoms with Gasteiger partial charge in [0.25, 0.3) is 0 Å². The maximum Gasteiger partial charge on any atom is 0.155 e. The predicted octanol–water partition coefficient (Wildman–Crippen LogP) is 6.11. The summed E-state index contributed by atoms with van der Waals surface area (Å²) in [6.45, 7) is 6.50. The molecule has 1 heterocycles. The van der Waals surface area contributed by atoms with E-state index in [9.17, 15) is 0 Å². The van der Waals surface area contributed by atoms with Crippen molar-refractivity contribution in [2.75, 3.05) is 36.7 Å². The zero-order chi connectivity index (χ0) is 24.8. The Morgan fingerprint density at radius 1 is 0.829 bits per heavy atom. The van der Waals surface area contributed by atoms with Crippen LogP contribution in [0.2, 0.25) is 0 Å². The Morgan fingerprint density at radius 3 is 1.89 bits per heavy atom. The zero-order valence-electron chi connectivity index (χ0n) is 20.9. The maximum atomic E-state index is 6.83. The van der Waals surface area contributed by atoms with Crippen molar-refractivity contribution in [1.29, 1.82) is 0 Å². The van der Waals surface area contributed by atoms with Crippen LogP contribution in [0.4, 0.5) is 17.2 Å². The Bertz CT molecular complexity index is 1200. The lowest BCUT2D eigenvalue weighted by molar-refractivity contribution is 0.414. The Labute approximate surface area is 207 Å². The second kappa shape index (κ2) is 11.0. The SMILES string of the molecule is COc1ccc(CN(Cc2ccc(OC)cc2)c2nc3ccccc3c(NCC(C)C)c2N)cc1. The molecule has 0 fully saturated rings. The van der Waals surface area contributed by atoms with E-state index in [1.165, 1.54) is 0 Å². The topological polar surface area (TPSA) is 72.6 Å². The van der Waals surface area contributed by atoms with E-state index < -0.39 is 0 Å². The van der Waals surface area contributed by atoms with Gasteiger partial charge in [-0.2, -0.15) is 0 Å². The summed E-state index contributed by atoms with van der Waals surface area (Å²) in [4.78, 5) is 7.26. The number of anilines is 3. The number of nitrogens with one attached hydrogen (secondary N) is 1. The normalized spacial score (nSPS) is 11.0. The molecule has 1 aromatic heterocycles. The average Bonchev–Trinajstić information content (AvgIpc) is 2.88. The number of hydrogen-bond donors (Lipinski definition) is 2. The summed E-state index contributed by atoms with van der Waals surface area (Å²) < 4.78 is 10.7. The highest BCUT2D eigenvalue weighted by Gasteiger charge is 2.19. The first-order chi connectivity index (χ1) is 17.0. The largest absolute Gasteiger partial charge is 0.497 e. The molecule has 4 aromatic rings. The molecule has 0 bridgehead atoms. The predicted molar refractivity (Wildman–Crippen MR) is 145 cm³/mol. The third-order valence-electron chi connectivity index (χ3n) is 5.96. The molecular formula is C29H34N4O2. The highest BCUT2D eigenvalue weighted by Crippen LogP contribution is 2.37. The Balaban J connectivity index is 1.78. The fourth-order valence-corrected chi connectivity index (χ4v) is 4.06. The summed E-state index contributed by atoms with van der Waals surface area (Å²) in [5, 5.41) is 4.61. The molecule has 3 N–H and O–H groups in total. The number of methoxy groups -OCH3 is 2. The Kier molecular flexibility index (Phi) is 7.60. The smallest absolute Gasteiger partial charge is 0.155 e. The first-order valence-corrected chi connectivity index (χ1v) is 11.9. The van der Waals surface area contributed by atoms with E-state index in [-0.39, 0.29) is 0 Å². The number of rotatable bonds is 10. The molecule has 0 radical (unpaired) electrons. The van der Waals surface area contributed by atoms with Gasteiger partial charge >= 0.3 is 0 Å². The molecule has 0 aliphatic heterocycles. The third kappa shape index (κ3) is 5.77. The van der Waals surface area contributed by atoms with Crippen LogP contribution in [0.15, 0.2) is 72.8 Å². The number of nitrogen functional groups attached to an aromatic ring is 1. The van der Waals surface area contributed by atoms with Gasteiger partial charge in [0.2, 0.25) is 0 Å². The minimum absolute atomic E-state index is 0.486. The van der Waals surface area contributed by atoms with Gasteiger partial charge in [-0.05, 0) is 47.4 Å². The van der Waals surface area contributed by atoms with Crippen molar-refractivity contribution in [1.82, 2.24) is 4.98 Å². The van der Waals surface area contributed by atoms with Crippen LogP contribution in [0.5, 0.6) is 11.5 Å². The van der Waals surface area contributed by atoms with E-state index in [4.69, 9.17) is 20.2 Å². The Hall–Kier alpha value is -3.93. The van der Waals surface area contributed by atoms with Gasteiger partial charge in [0.05, 0.1) is 31.1 Å². The number of nitrogens with zero attached hydrogens (tertiary/aromatic N) is 2. The molecule has 0 saturated heterocycles. The molecule has 3 aromatic carbocycles. The lowest BCUT2D eigenvalue weighted by Crippen LogP contribution is -2.25. The number of benzene rings is 3. The number of aromatic nitrogens is 1. The molecule has 0 unspecified atom stereocenters. The van der Waals surface area contributed by atoms with Crippen molar-refractivity contribution < 1.29 is 9.47 Å². The third-order valence-corrected chi connectivity index (χ3v) is 5.96. The van der Waals surface area contributed by atoms with Gasteiger partial charge in [0, 0.05) is 25.0 Å². The molecule has 182 valence electrons. The van der Waals surface area contributed by atoms with Crippen LogP contribution in [0, 0.1) is 5.92 Å². The minimum atomic E-state index is 0.486. The molecule has 0 atom stereocenters. The number of nitrogens with two attached hydrogens (primary N) is 1. The molecule has 0 amide bonds. The van der Waals surface area contributed by atoms with E-state index in [1.807, 2.05) is 42.5 Å².